The van der Waals surface area contributed by atoms with E-state index in [4.69, 9.17) is 10.5 Å². The SMILES string of the molecule is CC1CC2C(N)CCCC2O1. The van der Waals surface area contributed by atoms with Gasteiger partial charge in [-0.15, -0.1) is 0 Å². The van der Waals surface area contributed by atoms with Gasteiger partial charge in [0, 0.05) is 12.0 Å². The van der Waals surface area contributed by atoms with Crippen LogP contribution in [0, 0.1) is 5.92 Å². The molecule has 0 aromatic carbocycles. The van der Waals surface area contributed by atoms with Crippen molar-refractivity contribution in [1.29, 1.82) is 0 Å². The highest BCUT2D eigenvalue weighted by atomic mass is 16.5. The zero-order valence-corrected chi connectivity index (χ0v) is 7.12. The van der Waals surface area contributed by atoms with Crippen LogP contribution in [0.1, 0.15) is 32.6 Å². The van der Waals surface area contributed by atoms with E-state index in [2.05, 4.69) is 6.92 Å². The third kappa shape index (κ3) is 1.30. The lowest BCUT2D eigenvalue weighted by atomic mass is 9.82. The summed E-state index contributed by atoms with van der Waals surface area (Å²) in [6, 6.07) is 0.415. The second-order valence-electron chi connectivity index (χ2n) is 3.98. The Balaban J connectivity index is 2.03. The van der Waals surface area contributed by atoms with Crippen LogP contribution in [-0.4, -0.2) is 18.2 Å². The molecule has 64 valence electrons. The molecule has 0 bridgehead atoms. The molecule has 11 heavy (non-hydrogen) atoms. The van der Waals surface area contributed by atoms with Crippen molar-refractivity contribution in [2.75, 3.05) is 0 Å². The molecular weight excluding hydrogens is 138 g/mol. The van der Waals surface area contributed by atoms with Crippen LogP contribution in [0.2, 0.25) is 0 Å². The highest BCUT2D eigenvalue weighted by Gasteiger charge is 2.38. The van der Waals surface area contributed by atoms with Gasteiger partial charge in [-0.3, -0.25) is 0 Å². The van der Waals surface area contributed by atoms with Crippen LogP contribution in [0.3, 0.4) is 0 Å². The summed E-state index contributed by atoms with van der Waals surface area (Å²) in [6.45, 7) is 2.16. The zero-order chi connectivity index (χ0) is 7.84. The predicted molar refractivity (Wildman–Crippen MR) is 44.3 cm³/mol. The maximum absolute atomic E-state index is 6.00. The predicted octanol–water partition coefficient (Wildman–Crippen LogP) is 1.29. The van der Waals surface area contributed by atoms with Crippen molar-refractivity contribution in [2.45, 2.75) is 50.9 Å². The number of ether oxygens (including phenoxy) is 1. The Bertz CT molecular complexity index is 148. The minimum atomic E-state index is 0.415. The minimum Gasteiger partial charge on any atom is -0.375 e. The van der Waals surface area contributed by atoms with Gasteiger partial charge < -0.3 is 10.5 Å². The van der Waals surface area contributed by atoms with E-state index in [-0.39, 0.29) is 0 Å². The highest BCUT2D eigenvalue weighted by Crippen LogP contribution is 2.36. The average molecular weight is 155 g/mol. The number of hydrogen-bond acceptors (Lipinski definition) is 2. The van der Waals surface area contributed by atoms with Gasteiger partial charge in [0.15, 0.2) is 0 Å². The smallest absolute Gasteiger partial charge is 0.0622 e. The third-order valence-corrected chi connectivity index (χ3v) is 3.06. The summed E-state index contributed by atoms with van der Waals surface area (Å²) in [4.78, 5) is 0. The molecule has 1 saturated heterocycles. The number of fused-ring (bicyclic) bond motifs is 1. The van der Waals surface area contributed by atoms with Crippen molar-refractivity contribution < 1.29 is 4.74 Å². The second kappa shape index (κ2) is 2.76. The fraction of sp³-hybridized carbons (Fsp3) is 1.00. The highest BCUT2D eigenvalue weighted by molar-refractivity contribution is 4.90. The van der Waals surface area contributed by atoms with E-state index in [1.54, 1.807) is 0 Å². The van der Waals surface area contributed by atoms with Crippen LogP contribution in [0.25, 0.3) is 0 Å². The van der Waals surface area contributed by atoms with Gasteiger partial charge in [-0.25, -0.2) is 0 Å². The molecule has 0 radical (unpaired) electrons. The minimum absolute atomic E-state index is 0.415. The largest absolute Gasteiger partial charge is 0.375 e. The van der Waals surface area contributed by atoms with E-state index in [1.165, 1.54) is 25.7 Å². The number of nitrogens with two attached hydrogens (primary N) is 1. The lowest BCUT2D eigenvalue weighted by Gasteiger charge is -2.29. The molecule has 1 heterocycles. The molecule has 0 spiro atoms. The average Bonchev–Trinajstić information content (AvgIpc) is 2.31. The molecule has 0 amide bonds. The Labute approximate surface area is 68.1 Å². The maximum atomic E-state index is 6.00. The molecule has 2 aliphatic rings. The van der Waals surface area contributed by atoms with Gasteiger partial charge in [0.1, 0.15) is 0 Å². The fourth-order valence-electron chi connectivity index (χ4n) is 2.49. The van der Waals surface area contributed by atoms with Crippen LogP contribution in [0.5, 0.6) is 0 Å². The van der Waals surface area contributed by atoms with Crippen molar-refractivity contribution in [1.82, 2.24) is 0 Å². The number of hydrogen-bond donors (Lipinski definition) is 1. The van der Waals surface area contributed by atoms with Gasteiger partial charge in [-0.2, -0.15) is 0 Å². The Morgan fingerprint density at radius 2 is 2.18 bits per heavy atom. The lowest BCUT2D eigenvalue weighted by Crippen LogP contribution is -2.38. The zero-order valence-electron chi connectivity index (χ0n) is 7.12. The first-order chi connectivity index (χ1) is 5.27. The number of rotatable bonds is 0. The van der Waals surface area contributed by atoms with Crippen molar-refractivity contribution in [3.63, 3.8) is 0 Å². The van der Waals surface area contributed by atoms with Crippen molar-refractivity contribution in [3.05, 3.63) is 0 Å². The first-order valence-electron chi connectivity index (χ1n) is 4.68. The first kappa shape index (κ1) is 7.56. The molecule has 1 aliphatic heterocycles. The van der Waals surface area contributed by atoms with E-state index in [0.29, 0.717) is 24.2 Å². The van der Waals surface area contributed by atoms with Crippen LogP contribution in [0.4, 0.5) is 0 Å². The molecule has 1 aliphatic carbocycles. The molecule has 2 rings (SSSR count). The topological polar surface area (TPSA) is 35.2 Å². The monoisotopic (exact) mass is 155 g/mol. The van der Waals surface area contributed by atoms with Crippen molar-refractivity contribution in [3.8, 4) is 0 Å². The fourth-order valence-corrected chi connectivity index (χ4v) is 2.49. The van der Waals surface area contributed by atoms with E-state index in [0.717, 1.165) is 0 Å². The lowest BCUT2D eigenvalue weighted by molar-refractivity contribution is 0.0230. The standard InChI is InChI=1S/C9H17NO/c1-6-5-7-8(10)3-2-4-9(7)11-6/h6-9H,2-5,10H2,1H3. The third-order valence-electron chi connectivity index (χ3n) is 3.06. The van der Waals surface area contributed by atoms with Gasteiger partial charge in [-0.1, -0.05) is 0 Å². The molecule has 2 N–H and O–H groups in total. The summed E-state index contributed by atoms with van der Waals surface area (Å²) in [7, 11) is 0. The second-order valence-corrected chi connectivity index (χ2v) is 3.98. The van der Waals surface area contributed by atoms with Gasteiger partial charge in [0.2, 0.25) is 0 Å². The molecule has 2 nitrogen and oxygen atoms in total. The maximum Gasteiger partial charge on any atom is 0.0622 e. The molecule has 0 aromatic heterocycles. The van der Waals surface area contributed by atoms with Gasteiger partial charge >= 0.3 is 0 Å². The van der Waals surface area contributed by atoms with E-state index in [1.807, 2.05) is 0 Å². The van der Waals surface area contributed by atoms with Gasteiger partial charge in [-0.05, 0) is 32.6 Å². The summed E-state index contributed by atoms with van der Waals surface area (Å²) in [6.07, 6.45) is 5.84. The summed E-state index contributed by atoms with van der Waals surface area (Å²) < 4.78 is 5.76. The van der Waals surface area contributed by atoms with Crippen LogP contribution in [0.15, 0.2) is 0 Å². The summed E-state index contributed by atoms with van der Waals surface area (Å²) >= 11 is 0. The molecule has 4 atom stereocenters. The Hall–Kier alpha value is -0.0800. The Morgan fingerprint density at radius 3 is 2.91 bits per heavy atom. The van der Waals surface area contributed by atoms with Crippen LogP contribution < -0.4 is 5.73 Å². The van der Waals surface area contributed by atoms with Gasteiger partial charge in [0.25, 0.3) is 0 Å². The van der Waals surface area contributed by atoms with Crippen molar-refractivity contribution >= 4 is 0 Å². The Morgan fingerprint density at radius 1 is 1.36 bits per heavy atom. The van der Waals surface area contributed by atoms with E-state index >= 15 is 0 Å². The first-order valence-corrected chi connectivity index (χ1v) is 4.68. The molecular formula is C9H17NO. The molecule has 4 unspecified atom stereocenters. The van der Waals surface area contributed by atoms with Gasteiger partial charge in [0.05, 0.1) is 12.2 Å². The van der Waals surface area contributed by atoms with E-state index in [9.17, 15) is 0 Å². The normalized spacial score (nSPS) is 50.7. The van der Waals surface area contributed by atoms with Crippen LogP contribution >= 0.6 is 0 Å². The molecule has 0 aromatic rings. The molecule has 2 fully saturated rings. The van der Waals surface area contributed by atoms with Crippen molar-refractivity contribution in [2.24, 2.45) is 11.7 Å². The summed E-state index contributed by atoms with van der Waals surface area (Å²) in [5.41, 5.74) is 6.00. The Kier molecular flexibility index (Phi) is 1.90. The quantitative estimate of drug-likeness (QED) is 0.572. The molecule has 1 saturated carbocycles. The van der Waals surface area contributed by atoms with Crippen LogP contribution in [-0.2, 0) is 4.74 Å². The molecule has 2 heteroatoms. The van der Waals surface area contributed by atoms with E-state index < -0.39 is 0 Å². The summed E-state index contributed by atoms with van der Waals surface area (Å²) in [5.74, 6) is 0.666. The summed E-state index contributed by atoms with van der Waals surface area (Å²) in [5, 5.41) is 0.